The molecule has 0 unspecified atom stereocenters. The summed E-state index contributed by atoms with van der Waals surface area (Å²) >= 11 is 6.80. The summed E-state index contributed by atoms with van der Waals surface area (Å²) in [6.45, 7) is 3.47. The summed E-state index contributed by atoms with van der Waals surface area (Å²) in [5, 5.41) is 3.27. The fourth-order valence-electron chi connectivity index (χ4n) is 1.92. The molecule has 1 aromatic carbocycles. The molecular weight excluding hydrogens is 376 g/mol. The minimum Gasteiger partial charge on any atom is -0.483 e. The minimum absolute atomic E-state index is 0.0403. The van der Waals surface area contributed by atoms with Gasteiger partial charge in [0.2, 0.25) is 0 Å². The lowest BCUT2D eigenvalue weighted by molar-refractivity contribution is -0.133. The maximum absolute atomic E-state index is 12.1. The van der Waals surface area contributed by atoms with Gasteiger partial charge >= 0.3 is 0 Å². The van der Waals surface area contributed by atoms with Crippen LogP contribution in [0.2, 0.25) is 0 Å². The Labute approximate surface area is 129 Å². The number of benzene rings is 1. The van der Waals surface area contributed by atoms with E-state index < -0.39 is 0 Å². The molecule has 1 aliphatic heterocycles. The third kappa shape index (κ3) is 4.47. The fourth-order valence-corrected chi connectivity index (χ4v) is 3.08. The van der Waals surface area contributed by atoms with Crippen LogP contribution in [0.3, 0.4) is 0 Å². The van der Waals surface area contributed by atoms with Gasteiger partial charge in [-0.25, -0.2) is 0 Å². The van der Waals surface area contributed by atoms with Gasteiger partial charge in [0.1, 0.15) is 5.75 Å². The highest BCUT2D eigenvalue weighted by Gasteiger charge is 2.16. The van der Waals surface area contributed by atoms with Crippen LogP contribution in [-0.2, 0) is 4.79 Å². The standard InChI is InChI=1S/C13H16Br2N2O2/c14-10-2-3-12(11(15)8-10)19-9-13(18)17-6-1-4-16-5-7-17/h2-3,8,16H,1,4-7,9H2. The molecule has 0 bridgehead atoms. The lowest BCUT2D eigenvalue weighted by Gasteiger charge is -2.20. The van der Waals surface area contributed by atoms with Crippen LogP contribution in [0.4, 0.5) is 0 Å². The third-order valence-electron chi connectivity index (χ3n) is 2.94. The topological polar surface area (TPSA) is 41.6 Å². The van der Waals surface area contributed by atoms with Gasteiger partial charge in [0, 0.05) is 24.1 Å². The number of hydrogen-bond acceptors (Lipinski definition) is 3. The Hall–Kier alpha value is -0.590. The van der Waals surface area contributed by atoms with Crippen molar-refractivity contribution in [2.45, 2.75) is 6.42 Å². The van der Waals surface area contributed by atoms with Crippen LogP contribution in [0.25, 0.3) is 0 Å². The first-order chi connectivity index (χ1) is 9.16. The van der Waals surface area contributed by atoms with Gasteiger partial charge in [0.15, 0.2) is 6.61 Å². The average molecular weight is 392 g/mol. The number of halogens is 2. The van der Waals surface area contributed by atoms with Crippen molar-refractivity contribution in [3.05, 3.63) is 27.1 Å². The van der Waals surface area contributed by atoms with Crippen LogP contribution in [0.15, 0.2) is 27.1 Å². The summed E-state index contributed by atoms with van der Waals surface area (Å²) in [5.41, 5.74) is 0. The first-order valence-corrected chi connectivity index (χ1v) is 7.82. The molecule has 0 saturated carbocycles. The van der Waals surface area contributed by atoms with Gasteiger partial charge in [0.25, 0.3) is 5.91 Å². The first-order valence-electron chi connectivity index (χ1n) is 6.23. The van der Waals surface area contributed by atoms with Crippen molar-refractivity contribution in [3.8, 4) is 5.75 Å². The Bertz CT molecular complexity index is 446. The molecule has 0 spiro atoms. The zero-order chi connectivity index (χ0) is 13.7. The Morgan fingerprint density at radius 2 is 2.16 bits per heavy atom. The SMILES string of the molecule is O=C(COc1ccc(Br)cc1Br)N1CCCNCC1. The summed E-state index contributed by atoms with van der Waals surface area (Å²) in [6.07, 6.45) is 0.994. The van der Waals surface area contributed by atoms with Gasteiger partial charge < -0.3 is 15.0 Å². The molecule has 0 aromatic heterocycles. The van der Waals surface area contributed by atoms with E-state index in [9.17, 15) is 4.79 Å². The molecule has 4 nitrogen and oxygen atoms in total. The highest BCUT2D eigenvalue weighted by molar-refractivity contribution is 9.11. The number of hydrogen-bond donors (Lipinski definition) is 1. The van der Waals surface area contributed by atoms with Crippen LogP contribution in [0.5, 0.6) is 5.75 Å². The zero-order valence-corrected chi connectivity index (χ0v) is 13.7. The molecule has 19 heavy (non-hydrogen) atoms. The summed E-state index contributed by atoms with van der Waals surface area (Å²) in [7, 11) is 0. The van der Waals surface area contributed by atoms with Crippen LogP contribution in [-0.4, -0.2) is 43.6 Å². The number of amides is 1. The lowest BCUT2D eigenvalue weighted by Crippen LogP contribution is -2.37. The summed E-state index contributed by atoms with van der Waals surface area (Å²) in [6, 6.07) is 5.63. The van der Waals surface area contributed by atoms with Crippen molar-refractivity contribution >= 4 is 37.8 Å². The van der Waals surface area contributed by atoms with Crippen molar-refractivity contribution in [1.82, 2.24) is 10.2 Å². The second-order valence-electron chi connectivity index (χ2n) is 4.35. The van der Waals surface area contributed by atoms with Gasteiger partial charge in [-0.15, -0.1) is 0 Å². The van der Waals surface area contributed by atoms with Crippen LogP contribution >= 0.6 is 31.9 Å². The predicted molar refractivity (Wildman–Crippen MR) is 81.4 cm³/mol. The third-order valence-corrected chi connectivity index (χ3v) is 4.05. The fraction of sp³-hybridized carbons (Fsp3) is 0.462. The van der Waals surface area contributed by atoms with E-state index >= 15 is 0 Å². The Morgan fingerprint density at radius 3 is 2.95 bits per heavy atom. The highest BCUT2D eigenvalue weighted by Crippen LogP contribution is 2.28. The summed E-state index contributed by atoms with van der Waals surface area (Å²) in [4.78, 5) is 13.9. The quantitative estimate of drug-likeness (QED) is 0.860. The molecule has 0 atom stereocenters. The van der Waals surface area contributed by atoms with Gasteiger partial charge in [-0.2, -0.15) is 0 Å². The normalized spacial score (nSPS) is 16.0. The average Bonchev–Trinajstić information content (AvgIpc) is 2.66. The van der Waals surface area contributed by atoms with Gasteiger partial charge in [-0.1, -0.05) is 15.9 Å². The maximum Gasteiger partial charge on any atom is 0.260 e. The van der Waals surface area contributed by atoms with E-state index in [2.05, 4.69) is 37.2 Å². The lowest BCUT2D eigenvalue weighted by atomic mass is 10.3. The number of nitrogens with zero attached hydrogens (tertiary/aromatic N) is 1. The second kappa shape index (κ2) is 7.26. The second-order valence-corrected chi connectivity index (χ2v) is 6.12. The highest BCUT2D eigenvalue weighted by atomic mass is 79.9. The number of carbonyl (C=O) groups excluding carboxylic acids is 1. The van der Waals surface area contributed by atoms with Crippen molar-refractivity contribution < 1.29 is 9.53 Å². The smallest absolute Gasteiger partial charge is 0.260 e. The molecule has 1 saturated heterocycles. The molecule has 6 heteroatoms. The van der Waals surface area contributed by atoms with E-state index in [-0.39, 0.29) is 12.5 Å². The number of nitrogens with one attached hydrogen (secondary N) is 1. The van der Waals surface area contributed by atoms with Crippen molar-refractivity contribution in [2.24, 2.45) is 0 Å². The molecular formula is C13H16Br2N2O2. The van der Waals surface area contributed by atoms with E-state index in [1.807, 2.05) is 23.1 Å². The Balaban J connectivity index is 1.88. The monoisotopic (exact) mass is 390 g/mol. The molecule has 1 heterocycles. The molecule has 1 aliphatic rings. The molecule has 104 valence electrons. The van der Waals surface area contributed by atoms with Gasteiger partial charge in [-0.3, -0.25) is 4.79 Å². The minimum atomic E-state index is 0.0403. The number of carbonyl (C=O) groups is 1. The zero-order valence-electron chi connectivity index (χ0n) is 10.5. The van der Waals surface area contributed by atoms with Gasteiger partial charge in [-0.05, 0) is 47.1 Å². The molecule has 1 N–H and O–H groups in total. The van der Waals surface area contributed by atoms with Gasteiger partial charge in [0.05, 0.1) is 4.47 Å². The van der Waals surface area contributed by atoms with E-state index in [1.54, 1.807) is 0 Å². The van der Waals surface area contributed by atoms with E-state index in [0.717, 1.165) is 41.5 Å². The molecule has 1 aromatic rings. The maximum atomic E-state index is 12.1. The van der Waals surface area contributed by atoms with Crippen molar-refractivity contribution in [2.75, 3.05) is 32.8 Å². The summed E-state index contributed by atoms with van der Waals surface area (Å²) in [5.74, 6) is 0.725. The Kier molecular flexibility index (Phi) is 5.66. The molecule has 1 fully saturated rings. The molecule has 2 rings (SSSR count). The van der Waals surface area contributed by atoms with Crippen LogP contribution in [0, 0.1) is 0 Å². The van der Waals surface area contributed by atoms with Crippen molar-refractivity contribution in [3.63, 3.8) is 0 Å². The number of rotatable bonds is 3. The molecule has 0 aliphatic carbocycles. The van der Waals surface area contributed by atoms with Crippen molar-refractivity contribution in [1.29, 1.82) is 0 Å². The van der Waals surface area contributed by atoms with E-state index in [1.165, 1.54) is 0 Å². The van der Waals surface area contributed by atoms with E-state index in [4.69, 9.17) is 4.74 Å². The summed E-state index contributed by atoms with van der Waals surface area (Å²) < 4.78 is 7.38. The molecule has 0 radical (unpaired) electrons. The van der Waals surface area contributed by atoms with E-state index in [0.29, 0.717) is 5.75 Å². The van der Waals surface area contributed by atoms with Crippen LogP contribution in [0.1, 0.15) is 6.42 Å². The molecule has 1 amide bonds. The van der Waals surface area contributed by atoms with Crippen LogP contribution < -0.4 is 10.1 Å². The predicted octanol–water partition coefficient (Wildman–Crippen LogP) is 2.41. The number of ether oxygens (including phenoxy) is 1. The largest absolute Gasteiger partial charge is 0.483 e. The first kappa shape index (κ1) is 14.8. The Morgan fingerprint density at radius 1 is 1.32 bits per heavy atom.